The molecule has 1 heterocycles. The van der Waals surface area contributed by atoms with Crippen molar-refractivity contribution in [1.82, 2.24) is 0 Å². The van der Waals surface area contributed by atoms with Crippen LogP contribution in [0.4, 0.5) is 0 Å². The summed E-state index contributed by atoms with van der Waals surface area (Å²) >= 11 is 0. The summed E-state index contributed by atoms with van der Waals surface area (Å²) in [4.78, 5) is 30.8. The van der Waals surface area contributed by atoms with E-state index in [9.17, 15) is 9.59 Å². The van der Waals surface area contributed by atoms with Crippen LogP contribution in [0.3, 0.4) is 0 Å². The van der Waals surface area contributed by atoms with Gasteiger partial charge in [0.15, 0.2) is 6.10 Å². The van der Waals surface area contributed by atoms with E-state index < -0.39 is 18.1 Å². The summed E-state index contributed by atoms with van der Waals surface area (Å²) in [6, 6.07) is 0. The topological polar surface area (TPSA) is 83.4 Å². The Hall–Kier alpha value is -1.63. The van der Waals surface area contributed by atoms with Crippen LogP contribution in [0.2, 0.25) is 0 Å². The fourth-order valence-corrected chi connectivity index (χ4v) is 11.6. The highest BCUT2D eigenvalue weighted by atomic mass is 16.7. The molecule has 0 saturated heterocycles. The predicted molar refractivity (Wildman–Crippen MR) is 142 cm³/mol. The smallest absolute Gasteiger partial charge is 0.318 e. The van der Waals surface area contributed by atoms with E-state index in [0.717, 1.165) is 18.3 Å². The van der Waals surface area contributed by atoms with Crippen molar-refractivity contribution in [3.63, 3.8) is 0 Å². The molecule has 5 aliphatic carbocycles. The number of nitrogens with zero attached hydrogens (tertiary/aromatic N) is 1. The maximum absolute atomic E-state index is 12.7. The number of hydrogen-bond acceptors (Lipinski definition) is 7. The summed E-state index contributed by atoms with van der Waals surface area (Å²) in [6.45, 7) is 10.5. The Labute approximate surface area is 227 Å². The van der Waals surface area contributed by atoms with Crippen LogP contribution in [-0.4, -0.2) is 50.2 Å². The monoisotopic (exact) mass is 529 g/mol. The molecule has 5 fully saturated rings. The molecule has 7 heteroatoms. The fraction of sp³-hybridized carbons (Fsp3) is 0.903. The number of esters is 2. The zero-order valence-electron chi connectivity index (χ0n) is 24.3. The molecule has 0 unspecified atom stereocenters. The summed E-state index contributed by atoms with van der Waals surface area (Å²) in [6.07, 6.45) is 9.33. The third kappa shape index (κ3) is 3.38. The molecule has 0 radical (unpaired) electrons. The van der Waals surface area contributed by atoms with Crippen molar-refractivity contribution in [1.29, 1.82) is 0 Å². The molecule has 1 spiro atoms. The lowest BCUT2D eigenvalue weighted by molar-refractivity contribution is -0.177. The SMILES string of the molecule is COC(=O)[C@@H]1C(C)=NO[C@@H]1[C@H](OC(C)=O)[C@@H](C)[C@H]1CC[C@H]2[C@@H]3C[C@@H](OC)[C@]45C[C@H]4CC[C@]5(C)[C@H]3CC[C@]12C. The molecule has 0 bridgehead atoms. The number of carbonyl (C=O) groups excluding carboxylic acids is 2. The molecule has 0 aromatic carbocycles. The first-order valence-electron chi connectivity index (χ1n) is 15.0. The van der Waals surface area contributed by atoms with E-state index in [1.165, 1.54) is 59.0 Å². The lowest BCUT2D eigenvalue weighted by atomic mass is 9.45. The second kappa shape index (κ2) is 8.94. The summed E-state index contributed by atoms with van der Waals surface area (Å²) in [5.74, 6) is 2.02. The van der Waals surface area contributed by atoms with Crippen LogP contribution in [-0.2, 0) is 28.6 Å². The molecule has 13 atom stereocenters. The number of oxime groups is 1. The minimum atomic E-state index is -0.656. The molecule has 6 aliphatic rings. The lowest BCUT2D eigenvalue weighted by Crippen LogP contribution is -2.57. The van der Waals surface area contributed by atoms with E-state index in [1.807, 2.05) is 7.11 Å². The van der Waals surface area contributed by atoms with Gasteiger partial charge in [-0.15, -0.1) is 0 Å². The number of rotatable bonds is 6. The Balaban J connectivity index is 1.28. The van der Waals surface area contributed by atoms with Crippen LogP contribution in [0.5, 0.6) is 0 Å². The standard InChI is InChI=1S/C31H47NO6/c1-16(26(37-18(3)33)27-25(28(34)36-7)17(2)32-38-27)21-8-9-22-20-14-24(35-6)31-15-19(31)10-13-30(31,5)23(20)11-12-29(21,22)4/h16,19-27H,8-15H2,1-7H3/t16-,19+,20-,21+,22-,23-,24+,25+,26+,27-,29+,30+,31-/m0/s1. The van der Waals surface area contributed by atoms with Crippen molar-refractivity contribution >= 4 is 17.7 Å². The van der Waals surface area contributed by atoms with E-state index in [4.69, 9.17) is 19.0 Å². The van der Waals surface area contributed by atoms with E-state index in [2.05, 4.69) is 25.9 Å². The van der Waals surface area contributed by atoms with Crippen LogP contribution < -0.4 is 0 Å². The normalized spacial score (nSPS) is 49.9. The van der Waals surface area contributed by atoms with E-state index in [-0.39, 0.29) is 23.3 Å². The van der Waals surface area contributed by atoms with Gasteiger partial charge < -0.3 is 19.0 Å². The van der Waals surface area contributed by atoms with Gasteiger partial charge in [-0.1, -0.05) is 25.9 Å². The molecule has 7 nitrogen and oxygen atoms in total. The highest BCUT2D eigenvalue weighted by Gasteiger charge is 2.77. The van der Waals surface area contributed by atoms with Crippen molar-refractivity contribution in [2.24, 2.45) is 62.8 Å². The van der Waals surface area contributed by atoms with Crippen molar-refractivity contribution in [3.05, 3.63) is 0 Å². The molecule has 0 N–H and O–H groups in total. The predicted octanol–water partition coefficient (Wildman–Crippen LogP) is 5.40. The van der Waals surface area contributed by atoms with Gasteiger partial charge >= 0.3 is 11.9 Å². The number of fused-ring (bicyclic) bond motifs is 4. The second-order valence-corrected chi connectivity index (χ2v) is 14.2. The summed E-state index contributed by atoms with van der Waals surface area (Å²) < 4.78 is 17.4. The van der Waals surface area contributed by atoms with Gasteiger partial charge in [-0.05, 0) is 98.7 Å². The third-order valence-corrected chi connectivity index (χ3v) is 13.2. The molecule has 212 valence electrons. The van der Waals surface area contributed by atoms with E-state index >= 15 is 0 Å². The maximum atomic E-state index is 12.7. The van der Waals surface area contributed by atoms with Crippen molar-refractivity contribution in [2.75, 3.05) is 14.2 Å². The lowest BCUT2D eigenvalue weighted by Gasteiger charge is -2.61. The van der Waals surface area contributed by atoms with Gasteiger partial charge in [0.1, 0.15) is 12.0 Å². The minimum Gasteiger partial charge on any atom is -0.468 e. The first kappa shape index (κ1) is 26.6. The summed E-state index contributed by atoms with van der Waals surface area (Å²) in [5.41, 5.74) is 1.58. The molecule has 0 amide bonds. The van der Waals surface area contributed by atoms with Gasteiger partial charge in [-0.25, -0.2) is 0 Å². The van der Waals surface area contributed by atoms with Crippen LogP contribution in [0.25, 0.3) is 0 Å². The third-order valence-electron chi connectivity index (χ3n) is 13.2. The van der Waals surface area contributed by atoms with Crippen molar-refractivity contribution < 1.29 is 28.6 Å². The van der Waals surface area contributed by atoms with E-state index in [1.54, 1.807) is 6.92 Å². The van der Waals surface area contributed by atoms with Crippen LogP contribution in [0.15, 0.2) is 5.16 Å². The van der Waals surface area contributed by atoms with Gasteiger partial charge in [-0.3, -0.25) is 9.59 Å². The zero-order chi connectivity index (χ0) is 27.2. The minimum absolute atomic E-state index is 0.0340. The van der Waals surface area contributed by atoms with Crippen molar-refractivity contribution in [2.45, 2.75) is 104 Å². The van der Waals surface area contributed by atoms with Gasteiger partial charge in [-0.2, -0.15) is 0 Å². The number of carbonyl (C=O) groups is 2. The number of hydrogen-bond donors (Lipinski definition) is 0. The Bertz CT molecular complexity index is 1030. The first-order chi connectivity index (χ1) is 18.0. The van der Waals surface area contributed by atoms with Crippen molar-refractivity contribution in [3.8, 4) is 0 Å². The Morgan fingerprint density at radius 2 is 1.84 bits per heavy atom. The molecular formula is C31H47NO6. The fourth-order valence-electron chi connectivity index (χ4n) is 11.6. The second-order valence-electron chi connectivity index (χ2n) is 14.2. The van der Waals surface area contributed by atoms with Gasteiger partial charge in [0.05, 0.1) is 18.9 Å². The highest BCUT2D eigenvalue weighted by Crippen LogP contribution is 2.82. The summed E-state index contributed by atoms with van der Waals surface area (Å²) in [5, 5.41) is 4.14. The Morgan fingerprint density at radius 3 is 2.50 bits per heavy atom. The number of ether oxygens (including phenoxy) is 3. The molecule has 1 aliphatic heterocycles. The molecular weight excluding hydrogens is 482 g/mol. The van der Waals surface area contributed by atoms with Crippen LogP contribution >= 0.6 is 0 Å². The van der Waals surface area contributed by atoms with Crippen LogP contribution in [0, 0.1) is 57.7 Å². The largest absolute Gasteiger partial charge is 0.468 e. The van der Waals surface area contributed by atoms with E-state index in [0.29, 0.717) is 40.4 Å². The summed E-state index contributed by atoms with van der Waals surface area (Å²) in [7, 11) is 3.33. The van der Waals surface area contributed by atoms with Gasteiger partial charge in [0.2, 0.25) is 0 Å². The number of methoxy groups -OCH3 is 2. The van der Waals surface area contributed by atoms with Gasteiger partial charge in [0, 0.05) is 25.4 Å². The maximum Gasteiger partial charge on any atom is 0.318 e. The average Bonchev–Trinajstić information content (AvgIpc) is 3.14. The molecule has 6 rings (SSSR count). The highest BCUT2D eigenvalue weighted by molar-refractivity contribution is 6.02. The molecule has 0 aromatic heterocycles. The molecule has 5 saturated carbocycles. The first-order valence-corrected chi connectivity index (χ1v) is 15.0. The van der Waals surface area contributed by atoms with Crippen LogP contribution in [0.1, 0.15) is 86.0 Å². The Morgan fingerprint density at radius 1 is 1.08 bits per heavy atom. The average molecular weight is 530 g/mol. The Kier molecular flexibility index (Phi) is 6.25. The quantitative estimate of drug-likeness (QED) is 0.428. The van der Waals surface area contributed by atoms with Gasteiger partial charge in [0.25, 0.3) is 0 Å². The molecule has 0 aromatic rings. The molecule has 38 heavy (non-hydrogen) atoms. The zero-order valence-corrected chi connectivity index (χ0v) is 24.3.